The van der Waals surface area contributed by atoms with Gasteiger partial charge in [-0.3, -0.25) is 0 Å². The van der Waals surface area contributed by atoms with Crippen molar-refractivity contribution in [3.05, 3.63) is 97.1 Å². The average molecular weight is 378 g/mol. The third-order valence-electron chi connectivity index (χ3n) is 5.21. The Morgan fingerprint density at radius 1 is 0.655 bits per heavy atom. The number of rotatable bonds is 4. The zero-order valence-corrected chi connectivity index (χ0v) is 15.7. The topological polar surface area (TPSA) is 57.4 Å². The van der Waals surface area contributed by atoms with Gasteiger partial charge in [-0.15, -0.1) is 0 Å². The third-order valence-corrected chi connectivity index (χ3v) is 5.21. The fourth-order valence-electron chi connectivity index (χ4n) is 3.89. The summed E-state index contributed by atoms with van der Waals surface area (Å²) in [6.45, 7) is 0. The first-order valence-corrected chi connectivity index (χ1v) is 9.53. The minimum atomic E-state index is -1.56. The number of hydrogen-bond donors (Lipinski definition) is 3. The quantitative estimate of drug-likeness (QED) is 0.411. The molecule has 0 aliphatic heterocycles. The molecule has 3 N–H and O–H groups in total. The minimum Gasteiger partial charge on any atom is -0.423 e. The van der Waals surface area contributed by atoms with Crippen LogP contribution in [0.3, 0.4) is 0 Å². The zero-order chi connectivity index (χ0) is 19.8. The molecule has 1 heterocycles. The van der Waals surface area contributed by atoms with E-state index in [0.717, 1.165) is 22.4 Å². The van der Waals surface area contributed by atoms with Crippen molar-refractivity contribution < 1.29 is 10.0 Å². The Morgan fingerprint density at radius 2 is 1.24 bits per heavy atom. The first kappa shape index (κ1) is 17.6. The molecule has 0 aliphatic rings. The molecule has 0 unspecified atom stereocenters. The van der Waals surface area contributed by atoms with Crippen molar-refractivity contribution in [2.75, 3.05) is 5.32 Å². The van der Waals surface area contributed by atoms with Gasteiger partial charge >= 0.3 is 7.12 Å². The van der Waals surface area contributed by atoms with E-state index in [1.807, 2.05) is 66.7 Å². The fraction of sp³-hybridized carbons (Fsp3) is 0. The lowest BCUT2D eigenvalue weighted by molar-refractivity contribution is 0.426. The molecule has 0 atom stereocenters. The van der Waals surface area contributed by atoms with E-state index in [-0.39, 0.29) is 0 Å². The van der Waals surface area contributed by atoms with E-state index < -0.39 is 7.12 Å². The lowest BCUT2D eigenvalue weighted by Gasteiger charge is -2.15. The molecule has 0 saturated heterocycles. The summed E-state index contributed by atoms with van der Waals surface area (Å²) in [6, 6.07) is 32.0. The van der Waals surface area contributed by atoms with Crippen LogP contribution < -0.4 is 10.8 Å². The van der Waals surface area contributed by atoms with Crippen molar-refractivity contribution >= 4 is 45.8 Å². The number of para-hydroxylation sites is 3. The highest BCUT2D eigenvalue weighted by molar-refractivity contribution is 6.60. The molecule has 4 aromatic carbocycles. The molecule has 0 saturated carbocycles. The maximum atomic E-state index is 9.86. The van der Waals surface area contributed by atoms with Gasteiger partial charge in [-0.25, -0.2) is 0 Å². The number of hydrogen-bond acceptors (Lipinski definition) is 3. The van der Waals surface area contributed by atoms with Crippen molar-refractivity contribution in [3.63, 3.8) is 0 Å². The van der Waals surface area contributed by atoms with Crippen LogP contribution in [-0.2, 0) is 0 Å². The SMILES string of the molecule is OB(O)c1ccc(-n2c3ccccc3c3ccccc32)cc1Nc1ccccc1. The smallest absolute Gasteiger partial charge is 0.423 e. The summed E-state index contributed by atoms with van der Waals surface area (Å²) in [6.07, 6.45) is 0. The maximum Gasteiger partial charge on any atom is 0.490 e. The van der Waals surface area contributed by atoms with E-state index in [4.69, 9.17) is 0 Å². The zero-order valence-electron chi connectivity index (χ0n) is 15.7. The highest BCUT2D eigenvalue weighted by Crippen LogP contribution is 2.32. The van der Waals surface area contributed by atoms with E-state index in [1.54, 1.807) is 6.07 Å². The molecule has 29 heavy (non-hydrogen) atoms. The molecule has 140 valence electrons. The van der Waals surface area contributed by atoms with Crippen molar-refractivity contribution in [2.24, 2.45) is 0 Å². The lowest BCUT2D eigenvalue weighted by atomic mass is 9.78. The van der Waals surface area contributed by atoms with E-state index >= 15 is 0 Å². The largest absolute Gasteiger partial charge is 0.490 e. The molecule has 4 nitrogen and oxygen atoms in total. The van der Waals surface area contributed by atoms with Gasteiger partial charge in [0.15, 0.2) is 0 Å². The third kappa shape index (κ3) is 3.07. The summed E-state index contributed by atoms with van der Waals surface area (Å²) >= 11 is 0. The van der Waals surface area contributed by atoms with Gasteiger partial charge < -0.3 is 19.9 Å². The molecule has 1 aromatic heterocycles. The standard InChI is InChI=1S/C24H19BN2O2/c28-25(29)21-15-14-18(16-22(21)26-17-8-2-1-3-9-17)27-23-12-6-4-10-19(23)20-11-5-7-13-24(20)27/h1-16,26,28-29H. The molecule has 0 spiro atoms. The van der Waals surface area contributed by atoms with Crippen LogP contribution >= 0.6 is 0 Å². The summed E-state index contributed by atoms with van der Waals surface area (Å²) in [5.41, 5.74) is 5.14. The predicted octanol–water partition coefficient (Wildman–Crippen LogP) is 4.21. The van der Waals surface area contributed by atoms with Crippen molar-refractivity contribution in [1.29, 1.82) is 0 Å². The summed E-state index contributed by atoms with van der Waals surface area (Å²) in [5.74, 6) is 0. The maximum absolute atomic E-state index is 9.86. The van der Waals surface area contributed by atoms with Crippen LogP contribution in [0.4, 0.5) is 11.4 Å². The highest BCUT2D eigenvalue weighted by atomic mass is 16.4. The van der Waals surface area contributed by atoms with Gasteiger partial charge in [0.25, 0.3) is 0 Å². The summed E-state index contributed by atoms with van der Waals surface area (Å²) in [7, 11) is -1.56. The molecule has 0 aliphatic carbocycles. The van der Waals surface area contributed by atoms with Gasteiger partial charge in [0.2, 0.25) is 0 Å². The Labute approximate surface area is 168 Å². The van der Waals surface area contributed by atoms with Gasteiger partial charge in [0.05, 0.1) is 11.0 Å². The van der Waals surface area contributed by atoms with Gasteiger partial charge in [-0.05, 0) is 36.4 Å². The highest BCUT2D eigenvalue weighted by Gasteiger charge is 2.18. The fourth-order valence-corrected chi connectivity index (χ4v) is 3.89. The number of nitrogens with zero attached hydrogens (tertiary/aromatic N) is 1. The van der Waals surface area contributed by atoms with Crippen molar-refractivity contribution in [2.45, 2.75) is 0 Å². The molecule has 5 heteroatoms. The molecule has 5 aromatic rings. The van der Waals surface area contributed by atoms with Gasteiger partial charge in [-0.2, -0.15) is 0 Å². The normalized spacial score (nSPS) is 11.1. The first-order chi connectivity index (χ1) is 14.2. The monoisotopic (exact) mass is 378 g/mol. The molecule has 0 fully saturated rings. The summed E-state index contributed by atoms with van der Waals surface area (Å²) in [4.78, 5) is 0. The van der Waals surface area contributed by atoms with Crippen LogP contribution in [0.1, 0.15) is 0 Å². The Morgan fingerprint density at radius 3 is 1.86 bits per heavy atom. The number of aromatic nitrogens is 1. The number of fused-ring (bicyclic) bond motifs is 3. The van der Waals surface area contributed by atoms with E-state index in [0.29, 0.717) is 11.2 Å². The lowest BCUT2D eigenvalue weighted by Crippen LogP contribution is -2.32. The van der Waals surface area contributed by atoms with Gasteiger partial charge in [-0.1, -0.05) is 60.7 Å². The van der Waals surface area contributed by atoms with Crippen LogP contribution in [0.15, 0.2) is 97.1 Å². The van der Waals surface area contributed by atoms with Crippen LogP contribution in [0.5, 0.6) is 0 Å². The second kappa shape index (κ2) is 7.13. The van der Waals surface area contributed by atoms with Crippen LogP contribution in [0, 0.1) is 0 Å². The van der Waals surface area contributed by atoms with E-state index in [1.165, 1.54) is 10.8 Å². The Hall–Kier alpha value is -3.54. The number of benzene rings is 4. The van der Waals surface area contributed by atoms with Crippen LogP contribution in [-0.4, -0.2) is 21.7 Å². The Bertz CT molecular complexity index is 1260. The second-order valence-corrected chi connectivity index (χ2v) is 7.01. The molecule has 0 radical (unpaired) electrons. The van der Waals surface area contributed by atoms with Crippen molar-refractivity contribution in [1.82, 2.24) is 4.57 Å². The van der Waals surface area contributed by atoms with Gasteiger partial charge in [0, 0.05) is 33.3 Å². The predicted molar refractivity (Wildman–Crippen MR) is 120 cm³/mol. The molecule has 0 bridgehead atoms. The summed E-state index contributed by atoms with van der Waals surface area (Å²) in [5, 5.41) is 25.4. The Kier molecular flexibility index (Phi) is 4.32. The van der Waals surface area contributed by atoms with Crippen LogP contribution in [0.2, 0.25) is 0 Å². The van der Waals surface area contributed by atoms with Crippen molar-refractivity contribution in [3.8, 4) is 5.69 Å². The second-order valence-electron chi connectivity index (χ2n) is 7.01. The molecule has 5 rings (SSSR count). The Balaban J connectivity index is 1.74. The van der Waals surface area contributed by atoms with Crippen LogP contribution in [0.25, 0.3) is 27.5 Å². The van der Waals surface area contributed by atoms with Gasteiger partial charge in [0.1, 0.15) is 0 Å². The van der Waals surface area contributed by atoms with E-state index in [2.05, 4.69) is 34.1 Å². The average Bonchev–Trinajstić information content (AvgIpc) is 3.09. The number of nitrogens with one attached hydrogen (secondary N) is 1. The summed E-state index contributed by atoms with van der Waals surface area (Å²) < 4.78 is 2.20. The first-order valence-electron chi connectivity index (χ1n) is 9.53. The minimum absolute atomic E-state index is 0.429. The molecule has 0 amide bonds. The number of anilines is 2. The molecular formula is C24H19BN2O2. The van der Waals surface area contributed by atoms with E-state index in [9.17, 15) is 10.0 Å². The molecular weight excluding hydrogens is 359 g/mol.